The molecule has 4 aromatic rings. The van der Waals surface area contributed by atoms with Crippen LogP contribution in [0.4, 0.5) is 0 Å². The number of aryl methyl sites for hydroxylation is 2. The Morgan fingerprint density at radius 2 is 1.70 bits per heavy atom. The lowest BCUT2D eigenvalue weighted by atomic mass is 9.96. The zero-order chi connectivity index (χ0) is 21.1. The third-order valence-corrected chi connectivity index (χ3v) is 4.97. The van der Waals surface area contributed by atoms with E-state index in [9.17, 15) is 9.59 Å². The molecule has 0 amide bonds. The Morgan fingerprint density at radius 1 is 0.967 bits per heavy atom. The Kier molecular flexibility index (Phi) is 5.43. The number of nitrogens with one attached hydrogen (secondary N) is 2. The van der Waals surface area contributed by atoms with Crippen molar-refractivity contribution in [3.8, 4) is 22.5 Å². The third-order valence-electron chi connectivity index (χ3n) is 4.97. The van der Waals surface area contributed by atoms with Crippen molar-refractivity contribution in [1.29, 1.82) is 0 Å². The van der Waals surface area contributed by atoms with E-state index in [2.05, 4.69) is 31.6 Å². The minimum atomic E-state index is -0.588. The van der Waals surface area contributed by atoms with Crippen molar-refractivity contribution in [3.63, 3.8) is 0 Å². The van der Waals surface area contributed by atoms with Gasteiger partial charge in [-0.2, -0.15) is 0 Å². The molecule has 2 aromatic carbocycles. The van der Waals surface area contributed by atoms with Crippen molar-refractivity contribution in [3.05, 3.63) is 92.1 Å². The lowest BCUT2D eigenvalue weighted by molar-refractivity contribution is 0.388. The number of H-pyrrole nitrogens is 2. The van der Waals surface area contributed by atoms with Crippen LogP contribution in [0.3, 0.4) is 0 Å². The molecule has 0 aliphatic rings. The molecule has 0 aliphatic heterocycles. The molecule has 0 atom stereocenters. The molecule has 0 radical (unpaired) electrons. The summed E-state index contributed by atoms with van der Waals surface area (Å²) in [6.45, 7) is 3.88. The van der Waals surface area contributed by atoms with E-state index in [0.717, 1.165) is 46.4 Å². The van der Waals surface area contributed by atoms with Crippen molar-refractivity contribution in [2.45, 2.75) is 33.1 Å². The highest BCUT2D eigenvalue weighted by Gasteiger charge is 2.13. The van der Waals surface area contributed by atoms with E-state index in [1.54, 1.807) is 6.92 Å². The molecule has 0 aliphatic carbocycles. The van der Waals surface area contributed by atoms with Crippen LogP contribution in [0.25, 0.3) is 22.5 Å². The Bertz CT molecular complexity index is 1280. The quantitative estimate of drug-likeness (QED) is 0.512. The minimum absolute atomic E-state index is 0.0737. The average molecular weight is 402 g/mol. The van der Waals surface area contributed by atoms with Gasteiger partial charge in [-0.15, -0.1) is 0 Å². The standard InChI is InChI=1S/C23H22N4O3/c1-3-6-20-19(22(28)25-14(2)24-20)13-15-9-11-16(12-10-15)17-7-4-5-8-18(17)21-26-23(29)30-27-21/h4-5,7-12H,3,6,13H2,1-2H3,(H,24,25,28)(H,26,27,29). The molecule has 2 aromatic heterocycles. The third kappa shape index (κ3) is 4.00. The Morgan fingerprint density at radius 3 is 2.37 bits per heavy atom. The summed E-state index contributed by atoms with van der Waals surface area (Å²) in [5.74, 6) is 0.446. The van der Waals surface area contributed by atoms with Gasteiger partial charge in [0, 0.05) is 17.5 Å². The second kappa shape index (κ2) is 8.32. The van der Waals surface area contributed by atoms with E-state index in [0.29, 0.717) is 18.1 Å². The number of aromatic nitrogens is 4. The molecule has 0 spiro atoms. The fourth-order valence-corrected chi connectivity index (χ4v) is 3.59. The molecule has 0 fully saturated rings. The first-order valence-electron chi connectivity index (χ1n) is 9.88. The molecule has 152 valence electrons. The van der Waals surface area contributed by atoms with Gasteiger partial charge in [-0.05, 0) is 30.0 Å². The summed E-state index contributed by atoms with van der Waals surface area (Å²) < 4.78 is 4.65. The lowest BCUT2D eigenvalue weighted by Gasteiger charge is -2.10. The van der Waals surface area contributed by atoms with Crippen molar-refractivity contribution < 1.29 is 4.52 Å². The molecule has 30 heavy (non-hydrogen) atoms. The topological polar surface area (TPSA) is 105 Å². The molecule has 7 heteroatoms. The fraction of sp³-hybridized carbons (Fsp3) is 0.217. The second-order valence-electron chi connectivity index (χ2n) is 7.19. The van der Waals surface area contributed by atoms with E-state index in [1.165, 1.54) is 0 Å². The Balaban J connectivity index is 1.66. The Labute approximate surface area is 172 Å². The van der Waals surface area contributed by atoms with Gasteiger partial charge >= 0.3 is 5.76 Å². The van der Waals surface area contributed by atoms with Crippen LogP contribution in [0.1, 0.15) is 36.0 Å². The zero-order valence-corrected chi connectivity index (χ0v) is 16.9. The monoisotopic (exact) mass is 402 g/mol. The SMILES string of the molecule is CCCc1nc(C)[nH]c(=O)c1Cc1ccc(-c2ccccc2-c2noc(=O)[nH]2)cc1. The average Bonchev–Trinajstić information content (AvgIpc) is 3.17. The number of benzene rings is 2. The van der Waals surface area contributed by atoms with Crippen molar-refractivity contribution in [2.75, 3.05) is 0 Å². The van der Waals surface area contributed by atoms with E-state index in [4.69, 9.17) is 0 Å². The first kappa shape index (κ1) is 19.6. The normalized spacial score (nSPS) is 11.0. The van der Waals surface area contributed by atoms with Crippen LogP contribution in [0, 0.1) is 6.92 Å². The van der Waals surface area contributed by atoms with Crippen LogP contribution in [-0.4, -0.2) is 20.1 Å². The van der Waals surface area contributed by atoms with Crippen LogP contribution in [0.5, 0.6) is 0 Å². The minimum Gasteiger partial charge on any atom is -0.311 e. The van der Waals surface area contributed by atoms with Crippen LogP contribution < -0.4 is 11.3 Å². The van der Waals surface area contributed by atoms with Crippen molar-refractivity contribution in [2.24, 2.45) is 0 Å². The molecule has 2 N–H and O–H groups in total. The van der Waals surface area contributed by atoms with Gasteiger partial charge in [0.15, 0.2) is 5.82 Å². The summed E-state index contributed by atoms with van der Waals surface area (Å²) in [7, 11) is 0. The van der Waals surface area contributed by atoms with Crippen LogP contribution in [0.2, 0.25) is 0 Å². The molecular weight excluding hydrogens is 380 g/mol. The fourth-order valence-electron chi connectivity index (χ4n) is 3.59. The summed E-state index contributed by atoms with van der Waals surface area (Å²) >= 11 is 0. The molecule has 0 unspecified atom stereocenters. The van der Waals surface area contributed by atoms with Gasteiger partial charge in [-0.1, -0.05) is 67.0 Å². The second-order valence-corrected chi connectivity index (χ2v) is 7.19. The van der Waals surface area contributed by atoms with Gasteiger partial charge < -0.3 is 4.98 Å². The van der Waals surface area contributed by atoms with Crippen LogP contribution in [0.15, 0.2) is 62.6 Å². The van der Waals surface area contributed by atoms with E-state index in [1.807, 2.05) is 48.5 Å². The van der Waals surface area contributed by atoms with Gasteiger partial charge in [0.1, 0.15) is 5.82 Å². The van der Waals surface area contributed by atoms with E-state index in [-0.39, 0.29) is 5.56 Å². The maximum Gasteiger partial charge on any atom is 0.439 e. The molecule has 7 nitrogen and oxygen atoms in total. The highest BCUT2D eigenvalue weighted by Crippen LogP contribution is 2.30. The number of hydrogen-bond donors (Lipinski definition) is 2. The zero-order valence-electron chi connectivity index (χ0n) is 16.9. The first-order chi connectivity index (χ1) is 14.5. The number of rotatable bonds is 6. The summed E-state index contributed by atoms with van der Waals surface area (Å²) in [6, 6.07) is 15.7. The van der Waals surface area contributed by atoms with Crippen LogP contribution >= 0.6 is 0 Å². The van der Waals surface area contributed by atoms with Crippen LogP contribution in [-0.2, 0) is 12.8 Å². The molecule has 0 saturated carbocycles. The molecule has 2 heterocycles. The highest BCUT2D eigenvalue weighted by molar-refractivity contribution is 5.80. The van der Waals surface area contributed by atoms with Gasteiger partial charge in [-0.3, -0.25) is 14.3 Å². The summed E-state index contributed by atoms with van der Waals surface area (Å²) in [5, 5.41) is 3.80. The molecular formula is C23H22N4O3. The maximum atomic E-state index is 12.5. The van der Waals surface area contributed by atoms with E-state index >= 15 is 0 Å². The van der Waals surface area contributed by atoms with Crippen molar-refractivity contribution >= 4 is 0 Å². The largest absolute Gasteiger partial charge is 0.439 e. The van der Waals surface area contributed by atoms with Gasteiger partial charge in [0.2, 0.25) is 0 Å². The van der Waals surface area contributed by atoms with E-state index < -0.39 is 5.76 Å². The summed E-state index contributed by atoms with van der Waals surface area (Å²) in [6.07, 6.45) is 2.24. The Hall–Kier alpha value is -3.74. The summed E-state index contributed by atoms with van der Waals surface area (Å²) in [5.41, 5.74) is 5.22. The van der Waals surface area contributed by atoms with Crippen molar-refractivity contribution in [1.82, 2.24) is 20.1 Å². The van der Waals surface area contributed by atoms with Gasteiger partial charge in [0.25, 0.3) is 5.56 Å². The number of nitrogens with zero attached hydrogens (tertiary/aromatic N) is 2. The lowest BCUT2D eigenvalue weighted by Crippen LogP contribution is -2.19. The molecule has 4 rings (SSSR count). The van der Waals surface area contributed by atoms with Gasteiger partial charge in [0.05, 0.1) is 5.69 Å². The smallest absolute Gasteiger partial charge is 0.311 e. The molecule has 0 bridgehead atoms. The highest BCUT2D eigenvalue weighted by atomic mass is 16.5. The predicted octanol–water partition coefficient (Wildman–Crippen LogP) is 3.63. The number of hydrogen-bond acceptors (Lipinski definition) is 5. The predicted molar refractivity (Wildman–Crippen MR) is 114 cm³/mol. The van der Waals surface area contributed by atoms with Gasteiger partial charge in [-0.25, -0.2) is 9.78 Å². The number of aromatic amines is 2. The summed E-state index contributed by atoms with van der Waals surface area (Å²) in [4.78, 5) is 33.8. The first-order valence-corrected chi connectivity index (χ1v) is 9.88. The molecule has 0 saturated heterocycles. The maximum absolute atomic E-state index is 12.5.